The van der Waals surface area contributed by atoms with Crippen molar-refractivity contribution < 1.29 is 9.47 Å². The van der Waals surface area contributed by atoms with Crippen molar-refractivity contribution in [2.45, 2.75) is 64.2 Å². The molecule has 0 bridgehead atoms. The fourth-order valence-corrected chi connectivity index (χ4v) is 5.38. The molecule has 176 valence electrons. The second kappa shape index (κ2) is 13.8. The highest BCUT2D eigenvalue weighted by atomic mass is 32.2. The first-order chi connectivity index (χ1) is 15.2. The van der Waals surface area contributed by atoms with E-state index in [2.05, 4.69) is 65.8 Å². The molecule has 0 aliphatic rings. The number of thiol groups is 2. The Morgan fingerprint density at radius 3 is 1.44 bits per heavy atom. The third-order valence-corrected chi connectivity index (χ3v) is 8.18. The first-order valence-corrected chi connectivity index (χ1v) is 13.6. The topological polar surface area (TPSA) is 18.5 Å². The Balaban J connectivity index is 2.16. The Hall–Kier alpha value is -0.820. The standard InChI is InChI=1S/C26H36O2S4/c1-17(2)11-13-27-21-9-7-19(5)15-23(21)31-25(29)26(30)32-24-16-20(6)8-10-22(24)28-14-12-18(3)4/h7-10,15-18,29-30H,11-14H2,1-6H3. The molecule has 0 radical (unpaired) electrons. The minimum absolute atomic E-state index is 0.614. The molecule has 0 saturated carbocycles. The van der Waals surface area contributed by atoms with Gasteiger partial charge in [-0.25, -0.2) is 0 Å². The van der Waals surface area contributed by atoms with Gasteiger partial charge in [-0.3, -0.25) is 0 Å². The molecule has 0 amide bonds. The number of hydrogen-bond acceptors (Lipinski definition) is 6. The van der Waals surface area contributed by atoms with Gasteiger partial charge < -0.3 is 9.47 Å². The minimum atomic E-state index is 0.614. The summed E-state index contributed by atoms with van der Waals surface area (Å²) in [5.41, 5.74) is 2.38. The van der Waals surface area contributed by atoms with Gasteiger partial charge in [0.05, 0.1) is 31.5 Å². The molecule has 0 aromatic heterocycles. The van der Waals surface area contributed by atoms with E-state index in [1.54, 1.807) is 23.5 Å². The summed E-state index contributed by atoms with van der Waals surface area (Å²) in [5.74, 6) is 3.02. The summed E-state index contributed by atoms with van der Waals surface area (Å²) >= 11 is 12.7. The van der Waals surface area contributed by atoms with Gasteiger partial charge in [-0.05, 0) is 73.9 Å². The number of benzene rings is 2. The zero-order valence-corrected chi connectivity index (χ0v) is 23.4. The van der Waals surface area contributed by atoms with E-state index in [-0.39, 0.29) is 0 Å². The molecular formula is C26H36O2S4. The Morgan fingerprint density at radius 2 is 1.09 bits per heavy atom. The lowest BCUT2D eigenvalue weighted by molar-refractivity contribution is 0.283. The van der Waals surface area contributed by atoms with Crippen LogP contribution in [0.25, 0.3) is 0 Å². The van der Waals surface area contributed by atoms with Crippen LogP contribution in [-0.4, -0.2) is 13.2 Å². The van der Waals surface area contributed by atoms with Crippen molar-refractivity contribution in [3.8, 4) is 11.5 Å². The zero-order chi connectivity index (χ0) is 23.7. The van der Waals surface area contributed by atoms with E-state index in [1.165, 1.54) is 11.1 Å². The monoisotopic (exact) mass is 508 g/mol. The Morgan fingerprint density at radius 1 is 0.719 bits per heavy atom. The lowest BCUT2D eigenvalue weighted by Gasteiger charge is -2.15. The van der Waals surface area contributed by atoms with Crippen LogP contribution in [0.3, 0.4) is 0 Å². The molecule has 0 spiro atoms. The highest BCUT2D eigenvalue weighted by molar-refractivity contribution is 8.21. The van der Waals surface area contributed by atoms with E-state index in [1.807, 2.05) is 12.1 Å². The van der Waals surface area contributed by atoms with Crippen LogP contribution >= 0.6 is 48.8 Å². The Kier molecular flexibility index (Phi) is 11.8. The molecule has 0 N–H and O–H groups in total. The van der Waals surface area contributed by atoms with E-state index in [0.717, 1.165) is 42.6 Å². The predicted octanol–water partition coefficient (Wildman–Crippen LogP) is 9.02. The van der Waals surface area contributed by atoms with Gasteiger partial charge in [0.1, 0.15) is 11.5 Å². The Labute approximate surface area is 214 Å². The molecule has 0 aliphatic carbocycles. The summed E-state index contributed by atoms with van der Waals surface area (Å²) in [7, 11) is 0. The van der Waals surface area contributed by atoms with Crippen LogP contribution in [-0.2, 0) is 0 Å². The highest BCUT2D eigenvalue weighted by Gasteiger charge is 2.13. The quantitative estimate of drug-likeness (QED) is 0.220. The molecule has 2 nitrogen and oxygen atoms in total. The summed E-state index contributed by atoms with van der Waals surface area (Å²) in [6.07, 6.45) is 2.06. The van der Waals surface area contributed by atoms with Crippen LogP contribution in [0, 0.1) is 25.7 Å². The van der Waals surface area contributed by atoms with E-state index < -0.39 is 0 Å². The van der Waals surface area contributed by atoms with E-state index in [4.69, 9.17) is 34.7 Å². The van der Waals surface area contributed by atoms with Crippen molar-refractivity contribution in [3.63, 3.8) is 0 Å². The number of thioether (sulfide) groups is 2. The van der Waals surface area contributed by atoms with Crippen LogP contribution < -0.4 is 9.47 Å². The molecule has 32 heavy (non-hydrogen) atoms. The van der Waals surface area contributed by atoms with Gasteiger partial charge in [0.15, 0.2) is 0 Å². The highest BCUT2D eigenvalue weighted by Crippen LogP contribution is 2.45. The smallest absolute Gasteiger partial charge is 0.133 e. The maximum atomic E-state index is 6.07. The molecule has 2 aromatic carbocycles. The summed E-state index contributed by atoms with van der Waals surface area (Å²) < 4.78 is 13.8. The average Bonchev–Trinajstić information content (AvgIpc) is 2.70. The summed E-state index contributed by atoms with van der Waals surface area (Å²) in [5, 5.41) is 0. The van der Waals surface area contributed by atoms with Crippen LogP contribution in [0.1, 0.15) is 51.7 Å². The van der Waals surface area contributed by atoms with Gasteiger partial charge in [-0.1, -0.05) is 63.4 Å². The molecule has 6 heteroatoms. The molecule has 0 saturated heterocycles. The maximum Gasteiger partial charge on any atom is 0.133 e. The molecule has 0 atom stereocenters. The SMILES string of the molecule is Cc1ccc(OCCC(C)C)c(SC(S)=C(S)Sc2cc(C)ccc2OCCC(C)C)c1. The fourth-order valence-electron chi connectivity index (χ4n) is 2.73. The molecule has 2 rings (SSSR count). The second-order valence-corrected chi connectivity index (χ2v) is 12.4. The molecule has 0 fully saturated rings. The first kappa shape index (κ1) is 27.4. The lowest BCUT2D eigenvalue weighted by atomic mass is 10.1. The molecule has 0 heterocycles. The number of rotatable bonds is 12. The summed E-state index contributed by atoms with van der Waals surface area (Å²) in [6, 6.07) is 12.5. The molecule has 2 aromatic rings. The zero-order valence-electron chi connectivity index (χ0n) is 20.0. The van der Waals surface area contributed by atoms with Gasteiger partial charge in [0, 0.05) is 0 Å². The van der Waals surface area contributed by atoms with Crippen LogP contribution in [0.4, 0.5) is 0 Å². The van der Waals surface area contributed by atoms with E-state index in [9.17, 15) is 0 Å². The molecular weight excluding hydrogens is 473 g/mol. The van der Waals surface area contributed by atoms with Crippen molar-refractivity contribution in [1.29, 1.82) is 0 Å². The van der Waals surface area contributed by atoms with Crippen LogP contribution in [0.15, 0.2) is 54.7 Å². The van der Waals surface area contributed by atoms with E-state index >= 15 is 0 Å². The average molecular weight is 509 g/mol. The number of hydrogen-bond donors (Lipinski definition) is 2. The maximum absolute atomic E-state index is 6.07. The van der Waals surface area contributed by atoms with Crippen molar-refractivity contribution in [3.05, 3.63) is 56.0 Å². The number of ether oxygens (including phenoxy) is 2. The third kappa shape index (κ3) is 9.58. The predicted molar refractivity (Wildman–Crippen MR) is 149 cm³/mol. The fraction of sp³-hybridized carbons (Fsp3) is 0.462. The van der Waals surface area contributed by atoms with Crippen molar-refractivity contribution in [1.82, 2.24) is 0 Å². The van der Waals surface area contributed by atoms with Crippen molar-refractivity contribution in [2.24, 2.45) is 11.8 Å². The van der Waals surface area contributed by atoms with Gasteiger partial charge in [0.25, 0.3) is 0 Å². The van der Waals surface area contributed by atoms with Crippen molar-refractivity contribution >= 4 is 48.8 Å². The Bertz CT molecular complexity index is 833. The largest absolute Gasteiger partial charge is 0.492 e. The molecule has 0 unspecified atom stereocenters. The van der Waals surface area contributed by atoms with Gasteiger partial charge in [0.2, 0.25) is 0 Å². The second-order valence-electron chi connectivity index (χ2n) is 8.78. The van der Waals surface area contributed by atoms with Crippen LogP contribution in [0.5, 0.6) is 11.5 Å². The van der Waals surface area contributed by atoms with Gasteiger partial charge in [-0.15, -0.1) is 25.3 Å². The normalized spacial score (nSPS) is 12.3. The van der Waals surface area contributed by atoms with Crippen LogP contribution in [0.2, 0.25) is 0 Å². The summed E-state index contributed by atoms with van der Waals surface area (Å²) in [4.78, 5) is 2.12. The third-order valence-electron chi connectivity index (χ3n) is 4.70. The van der Waals surface area contributed by atoms with Gasteiger partial charge >= 0.3 is 0 Å². The first-order valence-electron chi connectivity index (χ1n) is 11.1. The lowest BCUT2D eigenvalue weighted by Crippen LogP contribution is -2.02. The van der Waals surface area contributed by atoms with Gasteiger partial charge in [-0.2, -0.15) is 0 Å². The van der Waals surface area contributed by atoms with Crippen molar-refractivity contribution in [2.75, 3.05) is 13.2 Å². The summed E-state index contributed by atoms with van der Waals surface area (Å²) in [6.45, 7) is 14.4. The van der Waals surface area contributed by atoms with E-state index in [0.29, 0.717) is 25.0 Å². The molecule has 0 aliphatic heterocycles. The minimum Gasteiger partial charge on any atom is -0.492 e. The number of aryl methyl sites for hydroxylation is 2.